The maximum absolute atomic E-state index is 12.7. The number of anilines is 1. The molecule has 7 nitrogen and oxygen atoms in total. The van der Waals surface area contributed by atoms with E-state index in [1.54, 1.807) is 12.4 Å². The number of nitrogens with zero attached hydrogens (tertiary/aromatic N) is 5. The topological polar surface area (TPSA) is 87.7 Å². The Hall–Kier alpha value is -3.09. The summed E-state index contributed by atoms with van der Waals surface area (Å²) in [6, 6.07) is 7.82. The molecule has 1 N–H and O–H groups in total. The van der Waals surface area contributed by atoms with Gasteiger partial charge in [0.1, 0.15) is 5.82 Å². The standard InChI is InChI=1S/C21H22N6O/c1-14-4-5-17(26-25-14)27-11-8-21(9-12-27)7-6-16-18(21)23-19(24-20(16)28)15-3-2-10-22-13-15/h2-5,10,13H,6-9,11-12H2,1H3,(H,23,24,28). The molecule has 0 radical (unpaired) electrons. The Balaban J connectivity index is 1.46. The van der Waals surface area contributed by atoms with E-state index in [2.05, 4.69) is 25.1 Å². The molecule has 3 aromatic heterocycles. The molecule has 1 fully saturated rings. The number of rotatable bonds is 2. The van der Waals surface area contributed by atoms with Crippen LogP contribution in [0.3, 0.4) is 0 Å². The first kappa shape index (κ1) is 17.0. The van der Waals surface area contributed by atoms with Crippen molar-refractivity contribution in [2.45, 2.75) is 38.0 Å². The fourth-order valence-electron chi connectivity index (χ4n) is 4.50. The molecule has 28 heavy (non-hydrogen) atoms. The van der Waals surface area contributed by atoms with Gasteiger partial charge in [0, 0.05) is 42.0 Å². The number of aromatic nitrogens is 5. The summed E-state index contributed by atoms with van der Waals surface area (Å²) in [6.45, 7) is 3.74. The predicted octanol–water partition coefficient (Wildman–Crippen LogP) is 2.41. The van der Waals surface area contributed by atoms with E-state index < -0.39 is 0 Å². The van der Waals surface area contributed by atoms with Gasteiger partial charge >= 0.3 is 0 Å². The van der Waals surface area contributed by atoms with Crippen molar-refractivity contribution in [3.63, 3.8) is 0 Å². The Morgan fingerprint density at radius 1 is 1.11 bits per heavy atom. The minimum absolute atomic E-state index is 0.00689. The summed E-state index contributed by atoms with van der Waals surface area (Å²) in [5, 5.41) is 8.51. The van der Waals surface area contributed by atoms with Gasteiger partial charge in [-0.05, 0) is 56.9 Å². The molecule has 2 aliphatic rings. The van der Waals surface area contributed by atoms with E-state index in [0.717, 1.165) is 67.1 Å². The van der Waals surface area contributed by atoms with Crippen molar-refractivity contribution in [2.24, 2.45) is 0 Å². The summed E-state index contributed by atoms with van der Waals surface area (Å²) in [5.74, 6) is 1.54. The van der Waals surface area contributed by atoms with Crippen molar-refractivity contribution in [3.8, 4) is 11.4 Å². The second kappa shape index (κ2) is 6.51. The third-order valence-electron chi connectivity index (χ3n) is 6.13. The number of pyridine rings is 1. The van der Waals surface area contributed by atoms with E-state index in [4.69, 9.17) is 4.98 Å². The molecule has 5 rings (SSSR count). The average Bonchev–Trinajstić information content (AvgIpc) is 3.09. The number of aromatic amines is 1. The molecular formula is C21H22N6O. The highest BCUT2D eigenvalue weighted by Gasteiger charge is 2.44. The Bertz CT molecular complexity index is 1050. The first-order chi connectivity index (χ1) is 13.6. The van der Waals surface area contributed by atoms with E-state index in [9.17, 15) is 4.79 Å². The van der Waals surface area contributed by atoms with Gasteiger partial charge in [-0.15, -0.1) is 5.10 Å². The second-order valence-corrected chi connectivity index (χ2v) is 7.78. The van der Waals surface area contributed by atoms with Crippen LogP contribution in [0.5, 0.6) is 0 Å². The van der Waals surface area contributed by atoms with Gasteiger partial charge in [-0.1, -0.05) is 0 Å². The highest BCUT2D eigenvalue weighted by molar-refractivity contribution is 5.54. The fraction of sp³-hybridized carbons (Fsp3) is 0.381. The van der Waals surface area contributed by atoms with Crippen molar-refractivity contribution in [2.75, 3.05) is 18.0 Å². The molecule has 1 spiro atoms. The van der Waals surface area contributed by atoms with Crippen molar-refractivity contribution >= 4 is 5.82 Å². The highest BCUT2D eigenvalue weighted by Crippen LogP contribution is 2.45. The van der Waals surface area contributed by atoms with Gasteiger partial charge in [0.05, 0.1) is 11.4 Å². The first-order valence-corrected chi connectivity index (χ1v) is 9.74. The monoisotopic (exact) mass is 374 g/mol. The predicted molar refractivity (Wildman–Crippen MR) is 106 cm³/mol. The largest absolute Gasteiger partial charge is 0.355 e. The molecule has 142 valence electrons. The van der Waals surface area contributed by atoms with Crippen molar-refractivity contribution in [3.05, 3.63) is 64.0 Å². The molecule has 3 aromatic rings. The van der Waals surface area contributed by atoms with Crippen LogP contribution in [0.15, 0.2) is 41.5 Å². The maximum atomic E-state index is 12.7. The van der Waals surface area contributed by atoms with Crippen LogP contribution in [0.2, 0.25) is 0 Å². The number of hydrogen-bond acceptors (Lipinski definition) is 6. The quantitative estimate of drug-likeness (QED) is 0.741. The first-order valence-electron chi connectivity index (χ1n) is 9.74. The summed E-state index contributed by atoms with van der Waals surface area (Å²) in [5.41, 5.74) is 3.59. The van der Waals surface area contributed by atoms with Crippen LogP contribution in [0, 0.1) is 6.92 Å². The van der Waals surface area contributed by atoms with E-state index in [1.807, 2.05) is 31.2 Å². The molecule has 7 heteroatoms. The van der Waals surface area contributed by atoms with Gasteiger partial charge in [-0.3, -0.25) is 9.78 Å². The van der Waals surface area contributed by atoms with Crippen LogP contribution in [-0.2, 0) is 11.8 Å². The molecule has 0 unspecified atom stereocenters. The SMILES string of the molecule is Cc1ccc(N2CCC3(CCc4c3nc(-c3cccnc3)[nH]c4=O)CC2)nn1. The van der Waals surface area contributed by atoms with Crippen LogP contribution in [0.25, 0.3) is 11.4 Å². The molecule has 0 saturated carbocycles. The number of hydrogen-bond donors (Lipinski definition) is 1. The van der Waals surface area contributed by atoms with Crippen LogP contribution in [0.1, 0.15) is 36.2 Å². The van der Waals surface area contributed by atoms with Crippen molar-refractivity contribution in [1.82, 2.24) is 25.1 Å². The van der Waals surface area contributed by atoms with Gasteiger partial charge in [0.2, 0.25) is 0 Å². The van der Waals surface area contributed by atoms with Gasteiger partial charge in [-0.25, -0.2) is 4.98 Å². The maximum Gasteiger partial charge on any atom is 0.254 e. The summed E-state index contributed by atoms with van der Waals surface area (Å²) in [7, 11) is 0. The average molecular weight is 374 g/mol. The Labute approximate surface area is 162 Å². The van der Waals surface area contributed by atoms with Crippen molar-refractivity contribution < 1.29 is 0 Å². The van der Waals surface area contributed by atoms with E-state index in [0.29, 0.717) is 5.82 Å². The molecule has 0 aromatic carbocycles. The minimum Gasteiger partial charge on any atom is -0.355 e. The minimum atomic E-state index is -0.0187. The number of piperidine rings is 1. The summed E-state index contributed by atoms with van der Waals surface area (Å²) in [4.78, 5) is 27.0. The smallest absolute Gasteiger partial charge is 0.254 e. The third-order valence-corrected chi connectivity index (χ3v) is 6.13. The zero-order chi connectivity index (χ0) is 19.1. The van der Waals surface area contributed by atoms with Crippen LogP contribution < -0.4 is 10.5 Å². The molecule has 1 aliphatic carbocycles. The fourth-order valence-corrected chi connectivity index (χ4v) is 4.50. The van der Waals surface area contributed by atoms with Gasteiger partial charge < -0.3 is 9.88 Å². The lowest BCUT2D eigenvalue weighted by molar-refractivity contribution is 0.322. The lowest BCUT2D eigenvalue weighted by Crippen LogP contribution is -2.42. The lowest BCUT2D eigenvalue weighted by Gasteiger charge is -2.39. The lowest BCUT2D eigenvalue weighted by atomic mass is 9.76. The molecule has 1 saturated heterocycles. The molecule has 4 heterocycles. The third kappa shape index (κ3) is 2.78. The zero-order valence-electron chi connectivity index (χ0n) is 15.9. The van der Waals surface area contributed by atoms with E-state index >= 15 is 0 Å². The Morgan fingerprint density at radius 3 is 2.68 bits per heavy atom. The molecule has 0 amide bonds. The number of fused-ring (bicyclic) bond motifs is 2. The van der Waals surface area contributed by atoms with Gasteiger partial charge in [0.25, 0.3) is 5.56 Å². The highest BCUT2D eigenvalue weighted by atomic mass is 16.1. The van der Waals surface area contributed by atoms with Crippen molar-refractivity contribution in [1.29, 1.82) is 0 Å². The molecule has 1 aliphatic heterocycles. The van der Waals surface area contributed by atoms with Gasteiger partial charge in [0.15, 0.2) is 5.82 Å². The van der Waals surface area contributed by atoms with E-state index in [1.165, 1.54) is 0 Å². The summed E-state index contributed by atoms with van der Waals surface area (Å²) >= 11 is 0. The zero-order valence-corrected chi connectivity index (χ0v) is 15.9. The second-order valence-electron chi connectivity index (χ2n) is 7.78. The van der Waals surface area contributed by atoms with Crippen LogP contribution >= 0.6 is 0 Å². The van der Waals surface area contributed by atoms with Gasteiger partial charge in [-0.2, -0.15) is 5.10 Å². The number of H-pyrrole nitrogens is 1. The summed E-state index contributed by atoms with van der Waals surface area (Å²) < 4.78 is 0. The normalized spacial score (nSPS) is 17.7. The summed E-state index contributed by atoms with van der Waals surface area (Å²) in [6.07, 6.45) is 7.19. The Morgan fingerprint density at radius 2 is 1.96 bits per heavy atom. The number of nitrogens with one attached hydrogen (secondary N) is 1. The van der Waals surface area contributed by atoms with E-state index in [-0.39, 0.29) is 11.0 Å². The molecule has 0 bridgehead atoms. The van der Waals surface area contributed by atoms with Crippen LogP contribution in [0.4, 0.5) is 5.82 Å². The molecular weight excluding hydrogens is 352 g/mol. The Kier molecular flexibility index (Phi) is 3.96. The number of aryl methyl sites for hydroxylation is 1. The molecule has 0 atom stereocenters. The van der Waals surface area contributed by atoms with Crippen LogP contribution in [-0.4, -0.2) is 38.2 Å².